The minimum atomic E-state index is -3.56. The molecule has 34 heavy (non-hydrogen) atoms. The number of para-hydroxylation sites is 1. The Balaban J connectivity index is 1.28. The summed E-state index contributed by atoms with van der Waals surface area (Å²) in [5, 5.41) is 3.81. The predicted molar refractivity (Wildman–Crippen MR) is 137 cm³/mol. The van der Waals surface area contributed by atoms with E-state index in [2.05, 4.69) is 16.4 Å². The van der Waals surface area contributed by atoms with Crippen molar-refractivity contribution in [2.24, 2.45) is 0 Å². The topological polar surface area (TPSA) is 79.4 Å². The molecule has 0 spiro atoms. The number of hydrogen-bond donors (Lipinski definition) is 1. The van der Waals surface area contributed by atoms with Crippen LogP contribution < -0.4 is 5.32 Å². The van der Waals surface area contributed by atoms with E-state index in [-0.39, 0.29) is 16.8 Å². The molecule has 1 saturated heterocycles. The molecule has 1 N–H and O–H groups in total. The van der Waals surface area contributed by atoms with Crippen LogP contribution in [0.5, 0.6) is 0 Å². The number of anilines is 1. The number of nitrogens with one attached hydrogen (secondary N) is 1. The van der Waals surface area contributed by atoms with Gasteiger partial charge in [-0.1, -0.05) is 18.6 Å². The number of amides is 1. The lowest BCUT2D eigenvalue weighted by molar-refractivity contribution is 0.102. The van der Waals surface area contributed by atoms with Gasteiger partial charge in [0.15, 0.2) is 0 Å². The molecule has 0 saturated carbocycles. The van der Waals surface area contributed by atoms with Crippen LogP contribution in [0.1, 0.15) is 36.5 Å². The number of carbonyl (C=O) groups excluding carboxylic acids is 1. The fourth-order valence-corrected chi connectivity index (χ4v) is 6.91. The fraction of sp³-hybridized carbons (Fsp3) is 0.231. The van der Waals surface area contributed by atoms with Crippen LogP contribution in [0, 0.1) is 0 Å². The minimum absolute atomic E-state index is 0.00698. The highest BCUT2D eigenvalue weighted by atomic mass is 32.2. The monoisotopic (exact) mass is 491 g/mol. The van der Waals surface area contributed by atoms with Gasteiger partial charge in [-0.15, -0.1) is 11.3 Å². The van der Waals surface area contributed by atoms with E-state index >= 15 is 0 Å². The third-order valence-corrected chi connectivity index (χ3v) is 9.26. The number of benzene rings is 3. The first-order chi connectivity index (χ1) is 16.4. The maximum Gasteiger partial charge on any atom is 0.255 e. The Bertz CT molecular complexity index is 1400. The summed E-state index contributed by atoms with van der Waals surface area (Å²) in [5.41, 5.74) is 3.02. The lowest BCUT2D eigenvalue weighted by atomic mass is 10.1. The average Bonchev–Trinajstić information content (AvgIpc) is 3.29. The molecule has 3 aromatic carbocycles. The van der Waals surface area contributed by atoms with Crippen molar-refractivity contribution in [1.29, 1.82) is 0 Å². The summed E-state index contributed by atoms with van der Waals surface area (Å²) < 4.78 is 28.7. The number of carbonyl (C=O) groups is 1. The van der Waals surface area contributed by atoms with Crippen molar-refractivity contribution in [3.63, 3.8) is 0 Å². The molecule has 0 radical (unpaired) electrons. The zero-order valence-corrected chi connectivity index (χ0v) is 20.4. The van der Waals surface area contributed by atoms with Gasteiger partial charge in [-0.05, 0) is 80.4 Å². The van der Waals surface area contributed by atoms with Gasteiger partial charge in [-0.25, -0.2) is 13.4 Å². The van der Waals surface area contributed by atoms with Gasteiger partial charge in [0.2, 0.25) is 10.0 Å². The normalized spacial score (nSPS) is 17.0. The van der Waals surface area contributed by atoms with Crippen molar-refractivity contribution in [1.82, 2.24) is 9.29 Å². The second kappa shape index (κ2) is 9.29. The summed E-state index contributed by atoms with van der Waals surface area (Å²) in [7, 11) is -3.56. The molecule has 1 atom stereocenters. The fourth-order valence-electron chi connectivity index (χ4n) is 4.24. The highest BCUT2D eigenvalue weighted by Crippen LogP contribution is 2.31. The van der Waals surface area contributed by atoms with Crippen molar-refractivity contribution in [2.75, 3.05) is 11.9 Å². The predicted octanol–water partition coefficient (Wildman–Crippen LogP) is 5.78. The van der Waals surface area contributed by atoms with Crippen LogP contribution >= 0.6 is 11.3 Å². The smallest absolute Gasteiger partial charge is 0.255 e. The average molecular weight is 492 g/mol. The largest absolute Gasteiger partial charge is 0.322 e. The summed E-state index contributed by atoms with van der Waals surface area (Å²) in [6.07, 6.45) is 2.80. The maximum atomic E-state index is 13.0. The number of fused-ring (bicyclic) bond motifs is 1. The van der Waals surface area contributed by atoms with E-state index in [9.17, 15) is 13.2 Å². The van der Waals surface area contributed by atoms with Crippen LogP contribution in [0.15, 0.2) is 77.7 Å². The number of nitrogens with zero attached hydrogens (tertiary/aromatic N) is 2. The molecule has 1 aliphatic heterocycles. The number of rotatable bonds is 5. The molecule has 1 fully saturated rings. The second-order valence-corrected chi connectivity index (χ2v) is 11.4. The highest BCUT2D eigenvalue weighted by molar-refractivity contribution is 7.89. The number of sulfonamides is 1. The van der Waals surface area contributed by atoms with Gasteiger partial charge in [0.05, 0.1) is 15.1 Å². The van der Waals surface area contributed by atoms with Crippen LogP contribution in [0.4, 0.5) is 5.69 Å². The van der Waals surface area contributed by atoms with Crippen molar-refractivity contribution < 1.29 is 13.2 Å². The molecule has 0 aliphatic carbocycles. The van der Waals surface area contributed by atoms with E-state index < -0.39 is 10.0 Å². The highest BCUT2D eigenvalue weighted by Gasteiger charge is 2.30. The molecular formula is C26H25N3O3S2. The van der Waals surface area contributed by atoms with Crippen molar-refractivity contribution in [3.05, 3.63) is 78.4 Å². The Morgan fingerprint density at radius 2 is 1.74 bits per heavy atom. The molecule has 174 valence electrons. The van der Waals surface area contributed by atoms with Crippen molar-refractivity contribution in [2.45, 2.75) is 37.1 Å². The van der Waals surface area contributed by atoms with Gasteiger partial charge in [-0.2, -0.15) is 4.31 Å². The van der Waals surface area contributed by atoms with Crippen LogP contribution in [-0.2, 0) is 10.0 Å². The minimum Gasteiger partial charge on any atom is -0.322 e. The van der Waals surface area contributed by atoms with Gasteiger partial charge >= 0.3 is 0 Å². The number of piperidine rings is 1. The van der Waals surface area contributed by atoms with E-state index in [0.29, 0.717) is 17.8 Å². The van der Waals surface area contributed by atoms with Crippen LogP contribution in [0.3, 0.4) is 0 Å². The van der Waals surface area contributed by atoms with Gasteiger partial charge in [-0.3, -0.25) is 4.79 Å². The first-order valence-electron chi connectivity index (χ1n) is 11.3. The van der Waals surface area contributed by atoms with Gasteiger partial charge in [0.25, 0.3) is 5.91 Å². The maximum absolute atomic E-state index is 13.0. The summed E-state index contributed by atoms with van der Waals surface area (Å²) in [5.74, 6) is -0.289. The van der Waals surface area contributed by atoms with Gasteiger partial charge in [0, 0.05) is 29.4 Å². The number of aromatic nitrogens is 1. The summed E-state index contributed by atoms with van der Waals surface area (Å²) >= 11 is 1.63. The Labute approximate surface area is 203 Å². The zero-order chi connectivity index (χ0) is 23.7. The lowest BCUT2D eigenvalue weighted by Crippen LogP contribution is -2.41. The van der Waals surface area contributed by atoms with Crippen LogP contribution in [0.2, 0.25) is 0 Å². The number of hydrogen-bond acceptors (Lipinski definition) is 5. The summed E-state index contributed by atoms with van der Waals surface area (Å²) in [6, 6.07) is 21.7. The van der Waals surface area contributed by atoms with E-state index in [4.69, 9.17) is 0 Å². The van der Waals surface area contributed by atoms with Crippen molar-refractivity contribution in [3.8, 4) is 10.6 Å². The van der Waals surface area contributed by atoms with E-state index in [1.807, 2.05) is 49.4 Å². The molecule has 1 amide bonds. The molecular weight excluding hydrogens is 466 g/mol. The Hall–Kier alpha value is -3.07. The first kappa shape index (κ1) is 22.7. The lowest BCUT2D eigenvalue weighted by Gasteiger charge is -2.32. The second-order valence-electron chi connectivity index (χ2n) is 8.50. The Kier molecular flexibility index (Phi) is 6.20. The van der Waals surface area contributed by atoms with Gasteiger partial charge < -0.3 is 5.32 Å². The molecule has 4 aromatic rings. The molecule has 6 nitrogen and oxygen atoms in total. The Morgan fingerprint density at radius 3 is 2.44 bits per heavy atom. The van der Waals surface area contributed by atoms with E-state index in [0.717, 1.165) is 40.1 Å². The van der Waals surface area contributed by atoms with Gasteiger partial charge in [0.1, 0.15) is 5.01 Å². The van der Waals surface area contributed by atoms with Crippen molar-refractivity contribution >= 4 is 43.2 Å². The summed E-state index contributed by atoms with van der Waals surface area (Å²) in [6.45, 7) is 2.49. The third kappa shape index (κ3) is 4.49. The number of thiazole rings is 1. The first-order valence-corrected chi connectivity index (χ1v) is 13.6. The van der Waals surface area contributed by atoms with Crippen LogP contribution in [0.25, 0.3) is 20.8 Å². The summed E-state index contributed by atoms with van der Waals surface area (Å²) in [4.78, 5) is 17.6. The molecule has 0 bridgehead atoms. The van der Waals surface area contributed by atoms with E-state index in [1.54, 1.807) is 27.8 Å². The SMILES string of the molecule is C[C@@H]1CCCCN1S(=O)(=O)c1ccc(C(=O)Nc2ccc(-c3nc4ccccc4s3)cc2)cc1. The molecule has 8 heteroatoms. The zero-order valence-electron chi connectivity index (χ0n) is 18.8. The molecule has 2 heterocycles. The molecule has 0 unspecified atom stereocenters. The molecule has 1 aromatic heterocycles. The van der Waals surface area contributed by atoms with E-state index in [1.165, 1.54) is 12.1 Å². The third-order valence-electron chi connectivity index (χ3n) is 6.15. The standard InChI is InChI=1S/C26H25N3O3S2/c1-18-6-4-5-17-29(18)34(31,32)22-15-11-19(12-16-22)25(30)27-21-13-9-20(10-14-21)26-28-23-7-2-3-8-24(23)33-26/h2-3,7-16,18H,4-6,17H2,1H3,(H,27,30)/t18-/m1/s1. The Morgan fingerprint density at radius 1 is 1.00 bits per heavy atom. The quantitative estimate of drug-likeness (QED) is 0.384. The van der Waals surface area contributed by atoms with Crippen LogP contribution in [-0.4, -0.2) is 36.2 Å². The molecule has 5 rings (SSSR count). The molecule has 1 aliphatic rings.